The summed E-state index contributed by atoms with van der Waals surface area (Å²) in [7, 11) is -3.46. The maximum atomic E-state index is 13.3. The van der Waals surface area contributed by atoms with Crippen molar-refractivity contribution in [3.63, 3.8) is 0 Å². The van der Waals surface area contributed by atoms with E-state index >= 15 is 0 Å². The molecule has 0 bridgehead atoms. The summed E-state index contributed by atoms with van der Waals surface area (Å²) >= 11 is 6.08. The number of fused-ring (bicyclic) bond motifs is 1. The molecule has 1 aliphatic rings. The van der Waals surface area contributed by atoms with E-state index < -0.39 is 10.2 Å². The smallest absolute Gasteiger partial charge is 0.259 e. The van der Waals surface area contributed by atoms with Crippen LogP contribution in [0.3, 0.4) is 0 Å². The van der Waals surface area contributed by atoms with Gasteiger partial charge >= 0.3 is 0 Å². The third kappa shape index (κ3) is 3.61. The second kappa shape index (κ2) is 7.40. The average molecular weight is 430 g/mol. The highest BCUT2D eigenvalue weighted by Gasteiger charge is 2.32. The highest BCUT2D eigenvalue weighted by atomic mass is 35.5. The van der Waals surface area contributed by atoms with E-state index in [1.807, 2.05) is 6.92 Å². The van der Waals surface area contributed by atoms with Gasteiger partial charge in [-0.15, -0.1) is 4.21 Å². The van der Waals surface area contributed by atoms with Crippen LogP contribution in [0.15, 0.2) is 53.4 Å². The van der Waals surface area contributed by atoms with E-state index in [2.05, 4.69) is 5.10 Å². The van der Waals surface area contributed by atoms with Gasteiger partial charge in [0.15, 0.2) is 4.90 Å². The van der Waals surface area contributed by atoms with Gasteiger partial charge in [0.1, 0.15) is 12.1 Å². The minimum Gasteiger partial charge on any atom is -0.610 e. The normalized spacial score (nSPS) is 15.7. The van der Waals surface area contributed by atoms with Crippen molar-refractivity contribution in [3.05, 3.63) is 64.8 Å². The van der Waals surface area contributed by atoms with Crippen molar-refractivity contribution in [2.24, 2.45) is 0 Å². The molecule has 29 heavy (non-hydrogen) atoms. The van der Waals surface area contributed by atoms with Crippen LogP contribution in [0.2, 0.25) is 5.02 Å². The van der Waals surface area contributed by atoms with E-state index in [1.165, 1.54) is 6.26 Å². The molecule has 0 aliphatic carbocycles. The van der Waals surface area contributed by atoms with Gasteiger partial charge in [-0.1, -0.05) is 29.8 Å². The molecule has 0 saturated carbocycles. The third-order valence-electron chi connectivity index (χ3n) is 4.98. The van der Waals surface area contributed by atoms with Gasteiger partial charge in [0.2, 0.25) is 0 Å². The summed E-state index contributed by atoms with van der Waals surface area (Å²) in [6.07, 6.45) is 1.94. The van der Waals surface area contributed by atoms with Crippen LogP contribution in [0.5, 0.6) is 0 Å². The molecule has 0 saturated heterocycles. The number of hydrogen-bond donors (Lipinski definition) is 0. The number of nitrogens with zero attached hydrogens (tertiary/aromatic N) is 3. The molecule has 2 heterocycles. The maximum absolute atomic E-state index is 13.3. The Hall–Kier alpha value is -2.48. The van der Waals surface area contributed by atoms with E-state index in [0.29, 0.717) is 46.3 Å². The predicted molar refractivity (Wildman–Crippen MR) is 113 cm³/mol. The molecule has 1 unspecified atom stereocenters. The Morgan fingerprint density at radius 2 is 1.93 bits per heavy atom. The van der Waals surface area contributed by atoms with Crippen molar-refractivity contribution >= 4 is 33.5 Å². The number of benzene rings is 2. The number of rotatable bonds is 3. The van der Waals surface area contributed by atoms with Gasteiger partial charge in [0.05, 0.1) is 21.5 Å². The van der Waals surface area contributed by atoms with Crippen molar-refractivity contribution in [1.29, 1.82) is 0 Å². The van der Waals surface area contributed by atoms with Crippen LogP contribution in [0.1, 0.15) is 22.5 Å². The summed E-state index contributed by atoms with van der Waals surface area (Å²) in [6, 6.07) is 13.6. The molecule has 1 aromatic heterocycles. The Balaban J connectivity index is 1.90. The quantitative estimate of drug-likeness (QED) is 0.585. The SMILES string of the molecule is Cc1nn2c(c1-c1ccccc1[S+](C)(=O)[O-])N(C(=O)c1cccc(Cl)c1)CCC2. The lowest BCUT2D eigenvalue weighted by molar-refractivity contribution is 0.0981. The van der Waals surface area contributed by atoms with Crippen LogP contribution in [-0.2, 0) is 21.0 Å². The highest BCUT2D eigenvalue weighted by Crippen LogP contribution is 2.40. The van der Waals surface area contributed by atoms with Crippen molar-refractivity contribution in [1.82, 2.24) is 9.78 Å². The molecule has 0 N–H and O–H groups in total. The summed E-state index contributed by atoms with van der Waals surface area (Å²) in [5.74, 6) is 0.432. The van der Waals surface area contributed by atoms with Gasteiger partial charge < -0.3 is 4.55 Å². The fourth-order valence-corrected chi connectivity index (χ4v) is 4.86. The number of carbonyl (C=O) groups is 1. The third-order valence-corrected chi connectivity index (χ3v) is 6.37. The van der Waals surface area contributed by atoms with Crippen LogP contribution in [0.25, 0.3) is 11.1 Å². The minimum absolute atomic E-state index is 0.188. The van der Waals surface area contributed by atoms with E-state index in [9.17, 15) is 13.6 Å². The zero-order valence-electron chi connectivity index (χ0n) is 16.1. The van der Waals surface area contributed by atoms with Crippen molar-refractivity contribution < 1.29 is 13.6 Å². The van der Waals surface area contributed by atoms with E-state index in [4.69, 9.17) is 11.6 Å². The standard InChI is InChI=1S/C21H20ClN3O3S/c1-14-19(17-9-3-4-10-18(17)29(2,27)28)20-24(11-6-12-25(20)23-14)21(26)15-7-5-8-16(22)13-15/h3-5,7-10,13H,6,11-12H2,1-2H3. The second-order valence-corrected chi connectivity index (χ2v) is 9.52. The number of hydrogen-bond acceptors (Lipinski definition) is 4. The van der Waals surface area contributed by atoms with Gasteiger partial charge in [-0.2, -0.15) is 5.10 Å². The Morgan fingerprint density at radius 3 is 2.66 bits per heavy atom. The zero-order chi connectivity index (χ0) is 20.8. The molecule has 4 rings (SSSR count). The molecule has 0 spiro atoms. The molecular weight excluding hydrogens is 410 g/mol. The first-order chi connectivity index (χ1) is 13.8. The van der Waals surface area contributed by atoms with Crippen LogP contribution < -0.4 is 4.90 Å². The molecule has 2 aromatic carbocycles. The molecule has 1 aliphatic heterocycles. The fourth-order valence-electron chi connectivity index (χ4n) is 3.77. The molecule has 150 valence electrons. The maximum Gasteiger partial charge on any atom is 0.259 e. The topological polar surface area (TPSA) is 78.3 Å². The fraction of sp³-hybridized carbons (Fsp3) is 0.238. The van der Waals surface area contributed by atoms with Gasteiger partial charge in [-0.3, -0.25) is 9.69 Å². The summed E-state index contributed by atoms with van der Waals surface area (Å²) in [5.41, 5.74) is 2.38. The lowest BCUT2D eigenvalue weighted by Crippen LogP contribution is -2.38. The van der Waals surface area contributed by atoms with Crippen LogP contribution in [0, 0.1) is 6.92 Å². The number of aromatic nitrogens is 2. The van der Waals surface area contributed by atoms with E-state index in [-0.39, 0.29) is 10.8 Å². The first kappa shape index (κ1) is 19.8. The van der Waals surface area contributed by atoms with Crippen molar-refractivity contribution in [2.45, 2.75) is 24.8 Å². The average Bonchev–Trinajstić information content (AvgIpc) is 3.02. The Bertz CT molecular complexity index is 1150. The zero-order valence-corrected chi connectivity index (χ0v) is 17.7. The van der Waals surface area contributed by atoms with Gasteiger partial charge in [0.25, 0.3) is 5.91 Å². The van der Waals surface area contributed by atoms with Crippen molar-refractivity contribution in [2.75, 3.05) is 17.7 Å². The number of carbonyl (C=O) groups excluding carboxylic acids is 1. The first-order valence-electron chi connectivity index (χ1n) is 9.21. The molecule has 0 radical (unpaired) electrons. The lowest BCUT2D eigenvalue weighted by atomic mass is 10.0. The van der Waals surface area contributed by atoms with Gasteiger partial charge in [-0.05, 0) is 43.7 Å². The molecule has 8 heteroatoms. The summed E-state index contributed by atoms with van der Waals surface area (Å²) < 4.78 is 26.5. The second-order valence-electron chi connectivity index (χ2n) is 7.10. The van der Waals surface area contributed by atoms with E-state index in [0.717, 1.165) is 6.42 Å². The van der Waals surface area contributed by atoms with Crippen molar-refractivity contribution in [3.8, 4) is 11.1 Å². The summed E-state index contributed by atoms with van der Waals surface area (Å²) in [6.45, 7) is 3.02. The Labute approximate surface area is 175 Å². The number of aryl methyl sites for hydroxylation is 2. The highest BCUT2D eigenvalue weighted by molar-refractivity contribution is 7.97. The molecule has 1 atom stereocenters. The van der Waals surface area contributed by atoms with E-state index in [1.54, 1.807) is 58.1 Å². The minimum atomic E-state index is -3.46. The number of amides is 1. The van der Waals surface area contributed by atoms with Gasteiger partial charge in [-0.25, -0.2) is 4.68 Å². The molecule has 0 fully saturated rings. The molecule has 6 nitrogen and oxygen atoms in total. The first-order valence-corrected chi connectivity index (χ1v) is 11.5. The number of halogens is 1. The monoisotopic (exact) mass is 429 g/mol. The van der Waals surface area contributed by atoms with Gasteiger partial charge in [0, 0.05) is 29.2 Å². The number of anilines is 1. The molecule has 3 aromatic rings. The van der Waals surface area contributed by atoms with Crippen LogP contribution in [0.4, 0.5) is 5.82 Å². The molecular formula is C21H20ClN3O3S. The number of sulfone groups is 1. The summed E-state index contributed by atoms with van der Waals surface area (Å²) in [4.78, 5) is 15.2. The van der Waals surface area contributed by atoms with Crippen LogP contribution in [-0.4, -0.2) is 33.0 Å². The molecule has 1 amide bonds. The lowest BCUT2D eigenvalue weighted by Gasteiger charge is -2.29. The Kier molecular flexibility index (Phi) is 5.06. The largest absolute Gasteiger partial charge is 0.610 e. The predicted octanol–water partition coefficient (Wildman–Crippen LogP) is 4.18. The Morgan fingerprint density at radius 1 is 1.17 bits per heavy atom. The van der Waals surface area contributed by atoms with Crippen LogP contribution >= 0.6 is 11.6 Å². The summed E-state index contributed by atoms with van der Waals surface area (Å²) in [5, 5.41) is 5.08.